The number of phenolic OH excluding ortho intramolecular Hbond substituents is 1. The molecule has 3 N–H and O–H groups in total. The number of phenols is 1. The predicted molar refractivity (Wildman–Crippen MR) is 144 cm³/mol. The molecule has 0 radical (unpaired) electrons. The van der Waals surface area contributed by atoms with Crippen LogP contribution in [0.25, 0.3) is 17.0 Å². The van der Waals surface area contributed by atoms with Gasteiger partial charge in [-0.3, -0.25) is 4.79 Å². The molecular weight excluding hydrogens is 542 g/mol. The average Bonchev–Trinajstić information content (AvgIpc) is 3.55. The molecule has 4 rings (SSSR count). The highest BCUT2D eigenvalue weighted by molar-refractivity contribution is 9.09. The van der Waals surface area contributed by atoms with Gasteiger partial charge in [-0.15, -0.1) is 6.42 Å². The number of methoxy groups -OCH3 is 1. The second-order valence-electron chi connectivity index (χ2n) is 8.69. The number of nitrogens with zero attached hydrogens (tertiary/aromatic N) is 1. The zero-order valence-corrected chi connectivity index (χ0v) is 22.6. The Balaban J connectivity index is 1.76. The highest BCUT2D eigenvalue weighted by Gasteiger charge is 2.38. The van der Waals surface area contributed by atoms with Crippen molar-refractivity contribution in [3.63, 3.8) is 0 Å². The maximum atomic E-state index is 13.7. The van der Waals surface area contributed by atoms with Crippen LogP contribution >= 0.6 is 15.9 Å². The van der Waals surface area contributed by atoms with E-state index in [1.165, 1.54) is 13.2 Å². The topological polar surface area (TPSA) is 117 Å². The lowest BCUT2D eigenvalue weighted by Gasteiger charge is -2.16. The van der Waals surface area contributed by atoms with Crippen molar-refractivity contribution in [2.45, 2.75) is 19.8 Å². The zero-order valence-electron chi connectivity index (χ0n) is 21.0. The summed E-state index contributed by atoms with van der Waals surface area (Å²) in [7, 11) is 3.12. The summed E-state index contributed by atoms with van der Waals surface area (Å²) < 4.78 is 16.4. The van der Waals surface area contributed by atoms with Crippen molar-refractivity contribution in [1.29, 1.82) is 0 Å². The predicted octanol–water partition coefficient (Wildman–Crippen LogP) is 4.22. The number of fused-ring (bicyclic) bond motifs is 3. The minimum Gasteiger partial charge on any atom is -0.506 e. The summed E-state index contributed by atoms with van der Waals surface area (Å²) in [6.45, 7) is 4.85. The maximum absolute atomic E-state index is 13.7. The number of amides is 1. The molecule has 0 fully saturated rings. The number of alkyl halides is 1. The normalized spacial score (nSPS) is 15.1. The van der Waals surface area contributed by atoms with Crippen LogP contribution in [0.4, 0.5) is 5.69 Å². The van der Waals surface area contributed by atoms with Crippen LogP contribution in [-0.4, -0.2) is 61.2 Å². The smallest absolute Gasteiger partial charge is 0.340 e. The number of nitrogens with one attached hydrogen (secondary N) is 2. The number of furan rings is 1. The van der Waals surface area contributed by atoms with Gasteiger partial charge in [-0.2, -0.15) is 0 Å². The summed E-state index contributed by atoms with van der Waals surface area (Å²) in [6.07, 6.45) is 7.23. The summed E-state index contributed by atoms with van der Waals surface area (Å²) in [4.78, 5) is 30.9. The monoisotopic (exact) mass is 569 g/mol. The first-order valence-electron chi connectivity index (χ1n) is 11.7. The Morgan fingerprint density at radius 2 is 2.16 bits per heavy atom. The van der Waals surface area contributed by atoms with E-state index >= 15 is 0 Å². The van der Waals surface area contributed by atoms with Crippen molar-refractivity contribution >= 4 is 50.5 Å². The second kappa shape index (κ2) is 10.7. The summed E-state index contributed by atoms with van der Waals surface area (Å²) in [5, 5.41) is 14.9. The molecule has 0 aliphatic carbocycles. The van der Waals surface area contributed by atoms with Gasteiger partial charge in [0.05, 0.1) is 23.9 Å². The van der Waals surface area contributed by atoms with Crippen molar-refractivity contribution in [1.82, 2.24) is 10.3 Å². The quantitative estimate of drug-likeness (QED) is 0.122. The first-order chi connectivity index (χ1) is 17.7. The molecule has 1 aromatic carbocycles. The first-order valence-corrected chi connectivity index (χ1v) is 12.8. The highest BCUT2D eigenvalue weighted by atomic mass is 79.9. The van der Waals surface area contributed by atoms with E-state index in [1.807, 2.05) is 7.05 Å². The Bertz CT molecular complexity index is 1440. The van der Waals surface area contributed by atoms with E-state index < -0.39 is 5.97 Å². The van der Waals surface area contributed by atoms with Gasteiger partial charge in [-0.05, 0) is 44.5 Å². The van der Waals surface area contributed by atoms with Gasteiger partial charge < -0.3 is 34.2 Å². The number of aryl methyl sites for hydroxylation is 2. The van der Waals surface area contributed by atoms with Crippen molar-refractivity contribution in [3.05, 3.63) is 51.8 Å². The van der Waals surface area contributed by atoms with Gasteiger partial charge in [0, 0.05) is 47.0 Å². The molecule has 0 unspecified atom stereocenters. The molecule has 3 aromatic rings. The molecule has 10 heteroatoms. The number of halogens is 1. The Hall–Kier alpha value is -3.68. The number of carbonyl (C=O) groups excluding carboxylic acids is 2. The van der Waals surface area contributed by atoms with E-state index in [4.69, 9.17) is 20.3 Å². The molecule has 1 atom stereocenters. The van der Waals surface area contributed by atoms with Gasteiger partial charge in [0.2, 0.25) is 0 Å². The van der Waals surface area contributed by atoms with E-state index in [0.717, 1.165) is 5.56 Å². The third-order valence-electron chi connectivity index (χ3n) is 6.39. The maximum Gasteiger partial charge on any atom is 0.340 e. The molecule has 37 heavy (non-hydrogen) atoms. The fourth-order valence-corrected chi connectivity index (χ4v) is 5.15. The Labute approximate surface area is 222 Å². The molecule has 9 nitrogen and oxygen atoms in total. The number of anilines is 1. The summed E-state index contributed by atoms with van der Waals surface area (Å²) in [5.41, 5.74) is 3.26. The Kier molecular flexibility index (Phi) is 7.66. The largest absolute Gasteiger partial charge is 0.506 e. The molecule has 3 heterocycles. The number of H-pyrrole nitrogens is 1. The number of aromatic hydroxyl groups is 1. The number of esters is 1. The molecule has 1 amide bonds. The molecule has 1 aliphatic heterocycles. The lowest BCUT2D eigenvalue weighted by molar-refractivity contribution is 0.0602. The number of terminal acetylenes is 1. The molecule has 0 bridgehead atoms. The SMILES string of the molecule is C#C/C(=C\c1cc(C(=O)N2C[C@@H](CBr)c3c2cc(O)c2[nH]c(C)c(C(=O)OC)c32)oc1C)OCCNC. The molecule has 0 spiro atoms. The highest BCUT2D eigenvalue weighted by Crippen LogP contribution is 2.47. The van der Waals surface area contributed by atoms with Crippen LogP contribution in [0.15, 0.2) is 22.3 Å². The zero-order chi connectivity index (χ0) is 26.9. The van der Waals surface area contributed by atoms with Gasteiger partial charge in [-0.25, -0.2) is 4.79 Å². The number of hydrogen-bond acceptors (Lipinski definition) is 7. The van der Waals surface area contributed by atoms with Gasteiger partial charge in [0.15, 0.2) is 11.5 Å². The molecule has 0 saturated heterocycles. The van der Waals surface area contributed by atoms with Gasteiger partial charge in [0.1, 0.15) is 18.1 Å². The van der Waals surface area contributed by atoms with Gasteiger partial charge in [-0.1, -0.05) is 15.9 Å². The number of carbonyl (C=O) groups is 2. The number of aromatic nitrogens is 1. The van der Waals surface area contributed by atoms with Crippen LogP contribution in [-0.2, 0) is 9.47 Å². The summed E-state index contributed by atoms with van der Waals surface area (Å²) in [5.74, 6) is 2.36. The lowest BCUT2D eigenvalue weighted by atomic mass is 9.96. The number of hydrogen-bond donors (Lipinski definition) is 3. The van der Waals surface area contributed by atoms with Crippen LogP contribution in [0.1, 0.15) is 49.4 Å². The molecule has 0 saturated carbocycles. The van der Waals surface area contributed by atoms with Crippen LogP contribution in [0, 0.1) is 26.2 Å². The summed E-state index contributed by atoms with van der Waals surface area (Å²) in [6, 6.07) is 3.16. The lowest BCUT2D eigenvalue weighted by Crippen LogP contribution is -2.29. The number of aromatic amines is 1. The van der Waals surface area contributed by atoms with Gasteiger partial charge >= 0.3 is 5.97 Å². The number of benzene rings is 1. The Morgan fingerprint density at radius 3 is 2.81 bits per heavy atom. The van der Waals surface area contributed by atoms with Crippen LogP contribution in [0.3, 0.4) is 0 Å². The third-order valence-corrected chi connectivity index (χ3v) is 7.17. The minimum absolute atomic E-state index is 0.0725. The van der Waals surface area contributed by atoms with E-state index in [0.29, 0.717) is 70.0 Å². The second-order valence-corrected chi connectivity index (χ2v) is 9.34. The number of likely N-dealkylation sites (N-methyl/N-ethyl adjacent to an activating group) is 1. The standard InChI is InChI=1S/C27H28BrN3O6/c1-6-18(36-8-7-29-4)9-16-10-21(37-15(16)3)26(33)31-13-17(12-28)23-19(31)11-20(32)25-24(23)22(14(2)30-25)27(34)35-5/h1,9-11,17,29-30,32H,7-8,12-13H2,2-5H3/b18-9+/t17-/m1/s1. The van der Waals surface area contributed by atoms with Crippen molar-refractivity contribution in [2.75, 3.05) is 44.1 Å². The third kappa shape index (κ3) is 4.72. The van der Waals surface area contributed by atoms with E-state index in [-0.39, 0.29) is 23.3 Å². The van der Waals surface area contributed by atoms with Crippen LogP contribution in [0.5, 0.6) is 5.75 Å². The fraction of sp³-hybridized carbons (Fsp3) is 0.333. The van der Waals surface area contributed by atoms with Crippen molar-refractivity contribution in [2.24, 2.45) is 0 Å². The van der Waals surface area contributed by atoms with Crippen LogP contribution in [0.2, 0.25) is 0 Å². The molecule has 194 valence electrons. The number of rotatable bonds is 8. The molecular formula is C27H28BrN3O6. The Morgan fingerprint density at radius 1 is 1.41 bits per heavy atom. The van der Waals surface area contributed by atoms with E-state index in [1.54, 1.807) is 30.9 Å². The van der Waals surface area contributed by atoms with E-state index in [2.05, 4.69) is 32.2 Å². The molecule has 1 aliphatic rings. The van der Waals surface area contributed by atoms with Gasteiger partial charge in [0.25, 0.3) is 5.91 Å². The first kappa shape index (κ1) is 26.4. The van der Waals surface area contributed by atoms with Crippen LogP contribution < -0.4 is 10.2 Å². The number of ether oxygens (including phenoxy) is 2. The molecule has 2 aromatic heterocycles. The van der Waals surface area contributed by atoms with E-state index in [9.17, 15) is 14.7 Å². The van der Waals surface area contributed by atoms with Crippen molar-refractivity contribution < 1.29 is 28.6 Å². The fourth-order valence-electron chi connectivity index (χ4n) is 4.62. The summed E-state index contributed by atoms with van der Waals surface area (Å²) >= 11 is 3.55. The van der Waals surface area contributed by atoms with Crippen molar-refractivity contribution in [3.8, 4) is 18.1 Å². The average molecular weight is 570 g/mol. The number of allylic oxidation sites excluding steroid dienone is 1. The minimum atomic E-state index is -0.519.